The number of benzene rings is 1. The minimum atomic E-state index is -0.453. The van der Waals surface area contributed by atoms with Gasteiger partial charge in [-0.15, -0.1) is 0 Å². The molecule has 2 amide bonds. The zero-order valence-corrected chi connectivity index (χ0v) is 12.4. The molecule has 0 unspecified atom stereocenters. The summed E-state index contributed by atoms with van der Waals surface area (Å²) in [5, 5.41) is 2.79. The van der Waals surface area contributed by atoms with Crippen LogP contribution in [0.5, 0.6) is 5.75 Å². The second-order valence-electron chi connectivity index (χ2n) is 4.99. The topological polar surface area (TPSA) is 50.8 Å². The van der Waals surface area contributed by atoms with Crippen molar-refractivity contribution in [2.75, 3.05) is 32.2 Å². The number of rotatable bonds is 4. The zero-order chi connectivity index (χ0) is 15.2. The number of methoxy groups -OCH3 is 1. The van der Waals surface area contributed by atoms with Crippen molar-refractivity contribution >= 4 is 11.7 Å². The van der Waals surface area contributed by atoms with E-state index in [4.69, 9.17) is 9.47 Å². The van der Waals surface area contributed by atoms with Crippen molar-refractivity contribution in [2.24, 2.45) is 0 Å². The molecule has 1 aromatic carbocycles. The van der Waals surface area contributed by atoms with Gasteiger partial charge in [-0.1, -0.05) is 13.3 Å². The van der Waals surface area contributed by atoms with Gasteiger partial charge in [0.2, 0.25) is 0 Å². The van der Waals surface area contributed by atoms with Gasteiger partial charge in [-0.2, -0.15) is 0 Å². The Morgan fingerprint density at radius 2 is 2.38 bits per heavy atom. The largest absolute Gasteiger partial charge is 0.494 e. The quantitative estimate of drug-likeness (QED) is 0.929. The third-order valence-electron chi connectivity index (χ3n) is 3.51. The van der Waals surface area contributed by atoms with E-state index >= 15 is 0 Å². The molecule has 0 radical (unpaired) electrons. The average Bonchev–Trinajstić information content (AvgIpc) is 2.50. The van der Waals surface area contributed by atoms with E-state index in [-0.39, 0.29) is 17.8 Å². The number of carbonyl (C=O) groups excluding carboxylic acids is 1. The molecule has 2 rings (SSSR count). The molecule has 6 heteroatoms. The summed E-state index contributed by atoms with van der Waals surface area (Å²) in [6.07, 6.45) is 1.89. The maximum Gasteiger partial charge on any atom is 0.322 e. The number of ether oxygens (including phenoxy) is 2. The molecule has 1 aliphatic heterocycles. The Bertz CT molecular complexity index is 494. The van der Waals surface area contributed by atoms with Gasteiger partial charge in [0.05, 0.1) is 26.4 Å². The molecule has 116 valence electrons. The smallest absolute Gasteiger partial charge is 0.322 e. The zero-order valence-electron chi connectivity index (χ0n) is 12.4. The lowest BCUT2D eigenvalue weighted by Gasteiger charge is -2.35. The first-order valence-corrected chi connectivity index (χ1v) is 7.14. The van der Waals surface area contributed by atoms with Gasteiger partial charge in [-0.3, -0.25) is 0 Å². The number of hydrogen-bond acceptors (Lipinski definition) is 3. The van der Waals surface area contributed by atoms with Crippen LogP contribution in [0.2, 0.25) is 0 Å². The van der Waals surface area contributed by atoms with E-state index in [1.165, 1.54) is 25.3 Å². The van der Waals surface area contributed by atoms with Crippen LogP contribution in [0.1, 0.15) is 19.8 Å². The molecule has 0 aliphatic carbocycles. The number of urea groups is 1. The van der Waals surface area contributed by atoms with Crippen LogP contribution >= 0.6 is 0 Å². The van der Waals surface area contributed by atoms with Crippen molar-refractivity contribution in [2.45, 2.75) is 25.8 Å². The number of halogens is 1. The number of amides is 2. The highest BCUT2D eigenvalue weighted by Gasteiger charge is 2.26. The Kier molecular flexibility index (Phi) is 5.38. The summed E-state index contributed by atoms with van der Waals surface area (Å²) in [6.45, 7) is 3.75. The summed E-state index contributed by atoms with van der Waals surface area (Å²) in [5.74, 6) is -0.342. The Balaban J connectivity index is 2.05. The van der Waals surface area contributed by atoms with Crippen LogP contribution in [0.25, 0.3) is 0 Å². The molecule has 1 fully saturated rings. The van der Waals surface area contributed by atoms with Gasteiger partial charge < -0.3 is 19.7 Å². The molecule has 21 heavy (non-hydrogen) atoms. The molecule has 1 N–H and O–H groups in total. The molecule has 5 nitrogen and oxygen atoms in total. The van der Waals surface area contributed by atoms with Crippen LogP contribution in [0.3, 0.4) is 0 Å². The van der Waals surface area contributed by atoms with Crippen molar-refractivity contribution in [3.8, 4) is 5.75 Å². The number of nitrogens with zero attached hydrogens (tertiary/aromatic N) is 1. The maximum absolute atomic E-state index is 13.4. The highest BCUT2D eigenvalue weighted by Crippen LogP contribution is 2.22. The standard InChI is InChI=1S/C15H21FN2O3/c1-3-4-12-10-21-8-7-18(12)15(19)17-11-5-6-13(16)14(9-11)20-2/h5-6,9,12H,3-4,7-8,10H2,1-2H3,(H,17,19)/t12-/m0/s1. The van der Waals surface area contributed by atoms with Crippen molar-refractivity contribution in [1.29, 1.82) is 0 Å². The van der Waals surface area contributed by atoms with Crippen molar-refractivity contribution in [3.63, 3.8) is 0 Å². The molecule has 1 aliphatic rings. The normalized spacial score (nSPS) is 18.4. The number of nitrogens with one attached hydrogen (secondary N) is 1. The summed E-state index contributed by atoms with van der Waals surface area (Å²) < 4.78 is 23.7. The van der Waals surface area contributed by atoms with Crippen LogP contribution in [0, 0.1) is 5.82 Å². The molecule has 1 aromatic rings. The fourth-order valence-electron chi connectivity index (χ4n) is 2.43. The third kappa shape index (κ3) is 3.85. The predicted molar refractivity (Wildman–Crippen MR) is 78.2 cm³/mol. The van der Waals surface area contributed by atoms with Gasteiger partial charge in [0.1, 0.15) is 0 Å². The molecule has 0 saturated carbocycles. The SMILES string of the molecule is CCC[C@H]1COCCN1C(=O)Nc1ccc(F)c(OC)c1. The van der Waals surface area contributed by atoms with Gasteiger partial charge >= 0.3 is 6.03 Å². The van der Waals surface area contributed by atoms with Gasteiger partial charge in [0.25, 0.3) is 0 Å². The monoisotopic (exact) mass is 296 g/mol. The fraction of sp³-hybridized carbons (Fsp3) is 0.533. The van der Waals surface area contributed by atoms with E-state index in [0.717, 1.165) is 12.8 Å². The minimum absolute atomic E-state index is 0.0890. The van der Waals surface area contributed by atoms with Crippen LogP contribution < -0.4 is 10.1 Å². The summed E-state index contributed by atoms with van der Waals surface area (Å²) in [7, 11) is 1.39. The van der Waals surface area contributed by atoms with Crippen LogP contribution in [-0.2, 0) is 4.74 Å². The first kappa shape index (κ1) is 15.6. The van der Waals surface area contributed by atoms with Crippen molar-refractivity contribution in [1.82, 2.24) is 4.90 Å². The summed E-state index contributed by atoms with van der Waals surface area (Å²) in [4.78, 5) is 14.1. The van der Waals surface area contributed by atoms with Gasteiger partial charge in [-0.25, -0.2) is 9.18 Å². The Labute approximate surface area is 124 Å². The number of morpholine rings is 1. The predicted octanol–water partition coefficient (Wildman–Crippen LogP) is 2.87. The highest BCUT2D eigenvalue weighted by atomic mass is 19.1. The lowest BCUT2D eigenvalue weighted by Crippen LogP contribution is -2.50. The van der Waals surface area contributed by atoms with E-state index in [2.05, 4.69) is 12.2 Å². The van der Waals surface area contributed by atoms with Crippen LogP contribution in [-0.4, -0.2) is 43.8 Å². The molecule has 1 heterocycles. The molecule has 1 saturated heterocycles. The lowest BCUT2D eigenvalue weighted by atomic mass is 10.1. The Morgan fingerprint density at radius 1 is 1.57 bits per heavy atom. The Hall–Kier alpha value is -1.82. The average molecular weight is 296 g/mol. The molecular formula is C15H21FN2O3. The van der Waals surface area contributed by atoms with E-state index in [1.54, 1.807) is 4.90 Å². The van der Waals surface area contributed by atoms with Gasteiger partial charge in [-0.05, 0) is 18.6 Å². The third-order valence-corrected chi connectivity index (χ3v) is 3.51. The van der Waals surface area contributed by atoms with E-state index in [0.29, 0.717) is 25.4 Å². The fourth-order valence-corrected chi connectivity index (χ4v) is 2.43. The van der Waals surface area contributed by atoms with Crippen LogP contribution in [0.4, 0.5) is 14.9 Å². The molecule has 0 spiro atoms. The van der Waals surface area contributed by atoms with Gasteiger partial charge in [0.15, 0.2) is 11.6 Å². The maximum atomic E-state index is 13.4. The molecule has 0 bridgehead atoms. The van der Waals surface area contributed by atoms with Crippen molar-refractivity contribution in [3.05, 3.63) is 24.0 Å². The van der Waals surface area contributed by atoms with E-state index in [9.17, 15) is 9.18 Å². The number of carbonyl (C=O) groups is 1. The molecular weight excluding hydrogens is 275 g/mol. The minimum Gasteiger partial charge on any atom is -0.494 e. The Morgan fingerprint density at radius 3 is 3.10 bits per heavy atom. The summed E-state index contributed by atoms with van der Waals surface area (Å²) in [6, 6.07) is 4.17. The van der Waals surface area contributed by atoms with E-state index < -0.39 is 5.82 Å². The van der Waals surface area contributed by atoms with E-state index in [1.807, 2.05) is 0 Å². The molecule has 0 aromatic heterocycles. The second-order valence-corrected chi connectivity index (χ2v) is 4.99. The second kappa shape index (κ2) is 7.26. The first-order valence-electron chi connectivity index (χ1n) is 7.14. The summed E-state index contributed by atoms with van der Waals surface area (Å²) >= 11 is 0. The highest BCUT2D eigenvalue weighted by molar-refractivity contribution is 5.89. The van der Waals surface area contributed by atoms with Crippen LogP contribution in [0.15, 0.2) is 18.2 Å². The number of anilines is 1. The lowest BCUT2D eigenvalue weighted by molar-refractivity contribution is 0.0125. The van der Waals surface area contributed by atoms with Crippen molar-refractivity contribution < 1.29 is 18.7 Å². The van der Waals surface area contributed by atoms with Gasteiger partial charge in [0, 0.05) is 18.3 Å². The first-order chi connectivity index (χ1) is 10.2. The summed E-state index contributed by atoms with van der Waals surface area (Å²) in [5.41, 5.74) is 0.514. The number of hydrogen-bond donors (Lipinski definition) is 1. The molecule has 1 atom stereocenters.